The van der Waals surface area contributed by atoms with Crippen LogP contribution in [-0.2, 0) is 27.1 Å². The lowest BCUT2D eigenvalue weighted by Gasteiger charge is -2.33. The summed E-state index contributed by atoms with van der Waals surface area (Å²) in [5, 5.41) is 1.90. The molecule has 236 valence electrons. The quantitative estimate of drug-likeness (QED) is 0.177. The van der Waals surface area contributed by atoms with Gasteiger partial charge in [-0.3, -0.25) is 9.88 Å². The van der Waals surface area contributed by atoms with Crippen LogP contribution in [-0.4, -0.2) is 58.1 Å². The number of fused-ring (bicyclic) bond motifs is 1. The van der Waals surface area contributed by atoms with Gasteiger partial charge < -0.3 is 14.8 Å². The number of nitrogens with zero attached hydrogens (tertiary/aromatic N) is 3. The van der Waals surface area contributed by atoms with Gasteiger partial charge in [0.1, 0.15) is 28.7 Å². The number of pyridine rings is 2. The topological polar surface area (TPSA) is 76.6 Å². The normalized spacial score (nSPS) is 23.2. The van der Waals surface area contributed by atoms with E-state index in [9.17, 15) is 9.18 Å². The summed E-state index contributed by atoms with van der Waals surface area (Å²) in [7, 11) is 2.46. The summed E-state index contributed by atoms with van der Waals surface area (Å²) < 4.78 is 42.7. The summed E-state index contributed by atoms with van der Waals surface area (Å²) >= 11 is 0. The summed E-state index contributed by atoms with van der Waals surface area (Å²) in [4.78, 5) is 24.9. The number of aryl methyl sites for hydroxylation is 2. The van der Waals surface area contributed by atoms with E-state index in [4.69, 9.17) is 14.5 Å². The Hall–Kier alpha value is -2.22. The van der Waals surface area contributed by atoms with Gasteiger partial charge in [0.05, 0.1) is 18.0 Å². The van der Waals surface area contributed by atoms with Crippen LogP contribution in [0.25, 0.3) is 0 Å². The fourth-order valence-corrected chi connectivity index (χ4v) is 7.04. The molecule has 3 aliphatic rings. The summed E-state index contributed by atoms with van der Waals surface area (Å²) in [6.07, 6.45) is 9.15. The number of alkyl halides is 1. The predicted octanol–water partition coefficient (Wildman–Crippen LogP) is 6.87. The van der Waals surface area contributed by atoms with Crippen LogP contribution in [0, 0.1) is 11.7 Å². The summed E-state index contributed by atoms with van der Waals surface area (Å²) in [5.74, 6) is -0.289. The van der Waals surface area contributed by atoms with Gasteiger partial charge in [-0.1, -0.05) is 15.3 Å². The first-order valence-electron chi connectivity index (χ1n) is 15.9. The summed E-state index contributed by atoms with van der Waals surface area (Å²) in [5.41, 5.74) is 2.61. The van der Waals surface area contributed by atoms with Crippen molar-refractivity contribution in [1.29, 1.82) is 0 Å². The average Bonchev–Trinajstić information content (AvgIpc) is 3.46. The number of aromatic nitrogens is 2. The van der Waals surface area contributed by atoms with Gasteiger partial charge >= 0.3 is 5.97 Å². The Morgan fingerprint density at radius 2 is 2.07 bits per heavy atom. The third-order valence-electron chi connectivity index (χ3n) is 8.78. The molecule has 10 heteroatoms. The third kappa shape index (κ3) is 8.29. The lowest BCUT2D eigenvalue weighted by atomic mass is 9.95. The number of esters is 1. The average molecular weight is 617 g/mol. The molecule has 1 N–H and O–H groups in total. The molecule has 0 radical (unpaired) electrons. The van der Waals surface area contributed by atoms with Crippen LogP contribution >= 0.6 is 9.24 Å². The molecule has 5 rings (SSSR count). The van der Waals surface area contributed by atoms with Crippen LogP contribution in [0.2, 0.25) is 0 Å². The lowest BCUT2D eigenvalue weighted by molar-refractivity contribution is -0.161. The Morgan fingerprint density at radius 3 is 2.84 bits per heavy atom. The first kappa shape index (κ1) is 32.2. The van der Waals surface area contributed by atoms with Crippen LogP contribution in [0.15, 0.2) is 24.4 Å². The predicted molar refractivity (Wildman–Crippen MR) is 167 cm³/mol. The second-order valence-corrected chi connectivity index (χ2v) is 14.3. The van der Waals surface area contributed by atoms with Crippen molar-refractivity contribution in [3.05, 3.63) is 52.7 Å². The Labute approximate surface area is 257 Å². The molecule has 2 aromatic heterocycles. The minimum Gasteiger partial charge on any atom is -0.459 e. The number of unbranched alkanes of at least 4 members (excludes halogenated alkanes) is 1. The zero-order chi connectivity index (χ0) is 30.6. The number of carbonyl (C=O) groups excluding carboxylic acids is 1. The number of ether oxygens (including phenoxy) is 2. The molecule has 2 fully saturated rings. The van der Waals surface area contributed by atoms with Crippen LogP contribution in [0.1, 0.15) is 107 Å². The highest BCUT2D eigenvalue weighted by Gasteiger charge is 2.44. The maximum Gasteiger partial charge on any atom is 0.328 e. The number of nitrogens with one attached hydrogen (secondary N) is 1. The molecule has 2 saturated heterocycles. The van der Waals surface area contributed by atoms with Crippen LogP contribution in [0.5, 0.6) is 0 Å². The van der Waals surface area contributed by atoms with E-state index in [1.54, 1.807) is 0 Å². The number of likely N-dealkylation sites (tertiary alicyclic amines) is 1. The molecular weight excluding hydrogens is 569 g/mol. The molecule has 43 heavy (non-hydrogen) atoms. The highest BCUT2D eigenvalue weighted by molar-refractivity contribution is 7.18. The molecule has 2 aromatic rings. The Bertz CT molecular complexity index is 1270. The van der Waals surface area contributed by atoms with Crippen LogP contribution in [0.3, 0.4) is 0 Å². The van der Waals surface area contributed by atoms with Crippen molar-refractivity contribution in [2.75, 3.05) is 31.6 Å². The van der Waals surface area contributed by atoms with E-state index in [0.29, 0.717) is 43.8 Å². The Kier molecular flexibility index (Phi) is 10.3. The molecular formula is C33H47F2N4O3P. The molecule has 3 aliphatic heterocycles. The van der Waals surface area contributed by atoms with Crippen molar-refractivity contribution in [2.45, 2.75) is 108 Å². The lowest BCUT2D eigenvalue weighted by Crippen LogP contribution is -2.39. The van der Waals surface area contributed by atoms with E-state index in [1.807, 2.05) is 25.7 Å². The second-order valence-electron chi connectivity index (χ2n) is 13.4. The molecule has 7 nitrogen and oxygen atoms in total. The maximum absolute atomic E-state index is 16.2. The third-order valence-corrected chi connectivity index (χ3v) is 9.54. The highest BCUT2D eigenvalue weighted by atomic mass is 31.0. The Morgan fingerprint density at radius 1 is 1.23 bits per heavy atom. The van der Waals surface area contributed by atoms with Gasteiger partial charge in [0.2, 0.25) is 0 Å². The first-order chi connectivity index (χ1) is 20.5. The largest absolute Gasteiger partial charge is 0.459 e. The number of carbonyl (C=O) groups is 1. The fourth-order valence-electron chi connectivity index (χ4n) is 6.57. The number of rotatable bonds is 10. The monoisotopic (exact) mass is 616 g/mol. The molecule has 5 atom stereocenters. The molecule has 0 bridgehead atoms. The summed E-state index contributed by atoms with van der Waals surface area (Å²) in [6.45, 7) is 7.87. The molecule has 0 aromatic carbocycles. The number of hydrogen-bond donors (Lipinski definition) is 1. The van der Waals surface area contributed by atoms with Gasteiger partial charge in [0.25, 0.3) is 0 Å². The van der Waals surface area contributed by atoms with Crippen molar-refractivity contribution in [2.24, 2.45) is 5.92 Å². The molecule has 4 unspecified atom stereocenters. The summed E-state index contributed by atoms with van der Waals surface area (Å²) in [6, 6.07) is 4.75. The highest BCUT2D eigenvalue weighted by Crippen LogP contribution is 2.44. The van der Waals surface area contributed by atoms with E-state index < -0.39 is 28.8 Å². The Balaban J connectivity index is 1.26. The number of halogens is 2. The standard InChI is InChI=1S/C33H47F2N4O3P/c1-32(2,3)42-31(40)29(26-19-24(34)20-37-28(26)27-11-5-7-18-41-27)39-17-14-23(21-39)33(35,43)15-6-4-10-25-13-12-22-9-8-16-36-30(22)38-25/h12-13,19-20,23,27,29H,4-11,14-18,21,43H2,1-3H3,(H,36,38)/t23-,27?,29?,33?/m1/s1. The number of hydrogen-bond acceptors (Lipinski definition) is 7. The van der Waals surface area contributed by atoms with Gasteiger partial charge in [0, 0.05) is 36.9 Å². The van der Waals surface area contributed by atoms with Crippen LogP contribution in [0.4, 0.5) is 14.6 Å². The van der Waals surface area contributed by atoms with Crippen molar-refractivity contribution in [3.63, 3.8) is 0 Å². The number of anilines is 1. The van der Waals surface area contributed by atoms with Crippen molar-refractivity contribution in [3.8, 4) is 0 Å². The van der Waals surface area contributed by atoms with E-state index in [0.717, 1.165) is 69.4 Å². The molecule has 5 heterocycles. The van der Waals surface area contributed by atoms with Crippen molar-refractivity contribution < 1.29 is 23.0 Å². The van der Waals surface area contributed by atoms with Gasteiger partial charge in [-0.15, -0.1) is 0 Å². The van der Waals surface area contributed by atoms with Gasteiger partial charge in [0.15, 0.2) is 0 Å². The first-order valence-corrected chi connectivity index (χ1v) is 16.5. The van der Waals surface area contributed by atoms with Crippen LogP contribution < -0.4 is 5.32 Å². The minimum atomic E-state index is -1.48. The fraction of sp³-hybridized carbons (Fsp3) is 0.667. The van der Waals surface area contributed by atoms with E-state index in [1.165, 1.54) is 17.8 Å². The van der Waals surface area contributed by atoms with Gasteiger partial charge in [-0.05, 0) is 109 Å². The van der Waals surface area contributed by atoms with E-state index in [-0.39, 0.29) is 12.0 Å². The van der Waals surface area contributed by atoms with Gasteiger partial charge in [-0.25, -0.2) is 18.6 Å². The van der Waals surface area contributed by atoms with Crippen molar-refractivity contribution >= 4 is 21.0 Å². The molecule has 0 amide bonds. The smallest absolute Gasteiger partial charge is 0.328 e. The molecule has 0 aliphatic carbocycles. The zero-order valence-electron chi connectivity index (χ0n) is 25.8. The molecule has 0 saturated carbocycles. The maximum atomic E-state index is 16.2. The van der Waals surface area contributed by atoms with Crippen molar-refractivity contribution in [1.82, 2.24) is 14.9 Å². The van der Waals surface area contributed by atoms with Gasteiger partial charge in [-0.2, -0.15) is 0 Å². The molecule has 0 spiro atoms. The van der Waals surface area contributed by atoms with E-state index >= 15 is 4.39 Å². The SMILES string of the molecule is CC(C)(C)OC(=O)C(c1cc(F)cnc1C1CCCCO1)N1CC[C@@H](C(F)(P)CCCCc2ccc3c(n2)NCCC3)C1. The van der Waals surface area contributed by atoms with E-state index in [2.05, 4.69) is 31.7 Å². The zero-order valence-corrected chi connectivity index (χ0v) is 27.0. The minimum absolute atomic E-state index is 0.288. The second kappa shape index (κ2) is 13.8.